The lowest BCUT2D eigenvalue weighted by Crippen LogP contribution is -2.41. The fourth-order valence-corrected chi connectivity index (χ4v) is 5.02. The Hall–Kier alpha value is -2.72. The molecule has 0 aliphatic carbocycles. The van der Waals surface area contributed by atoms with Crippen molar-refractivity contribution < 1.29 is 9.18 Å². The number of carbonyl (C=O) groups excluding carboxylic acids is 1. The molecule has 1 amide bonds. The quantitative estimate of drug-likeness (QED) is 0.487. The highest BCUT2D eigenvalue weighted by molar-refractivity contribution is 7.99. The zero-order chi connectivity index (χ0) is 21.6. The second-order valence-corrected chi connectivity index (χ2v) is 9.71. The summed E-state index contributed by atoms with van der Waals surface area (Å²) < 4.78 is 16.6. The Balaban J connectivity index is 1.81. The minimum atomic E-state index is -0.334. The van der Waals surface area contributed by atoms with Crippen LogP contribution >= 0.6 is 23.1 Å². The molecule has 0 spiro atoms. The maximum atomic E-state index is 13.3. The Morgan fingerprint density at radius 1 is 1.23 bits per heavy atom. The molecule has 0 aliphatic heterocycles. The van der Waals surface area contributed by atoms with Crippen molar-refractivity contribution in [1.82, 2.24) is 24.5 Å². The van der Waals surface area contributed by atoms with Crippen molar-refractivity contribution >= 4 is 45.0 Å². The molecular formula is C20H20FN5O2S2. The van der Waals surface area contributed by atoms with E-state index in [2.05, 4.69) is 15.5 Å². The number of fused-ring (bicyclic) bond motifs is 3. The third-order valence-electron chi connectivity index (χ3n) is 4.41. The van der Waals surface area contributed by atoms with E-state index in [1.165, 1.54) is 39.8 Å². The van der Waals surface area contributed by atoms with Crippen molar-refractivity contribution in [3.8, 4) is 11.1 Å². The topological polar surface area (TPSA) is 81.3 Å². The number of thiophene rings is 1. The van der Waals surface area contributed by atoms with Gasteiger partial charge in [-0.25, -0.2) is 8.79 Å². The maximum Gasteiger partial charge on any atom is 0.264 e. The van der Waals surface area contributed by atoms with Crippen LogP contribution in [0.2, 0.25) is 0 Å². The number of hydrogen-bond donors (Lipinski definition) is 1. The molecule has 3 heterocycles. The van der Waals surface area contributed by atoms with Crippen LogP contribution in [0.4, 0.5) is 4.39 Å². The normalized spacial score (nSPS) is 12.0. The summed E-state index contributed by atoms with van der Waals surface area (Å²) in [6, 6.07) is 6.05. The van der Waals surface area contributed by atoms with E-state index in [1.807, 2.05) is 26.2 Å². The summed E-state index contributed by atoms with van der Waals surface area (Å²) in [6.07, 6.45) is 0. The maximum absolute atomic E-state index is 13.3. The van der Waals surface area contributed by atoms with E-state index in [-0.39, 0.29) is 28.6 Å². The summed E-state index contributed by atoms with van der Waals surface area (Å²) in [4.78, 5) is 25.9. The predicted octanol–water partition coefficient (Wildman–Crippen LogP) is 3.46. The third kappa shape index (κ3) is 3.72. The van der Waals surface area contributed by atoms with Crippen molar-refractivity contribution in [2.75, 3.05) is 5.75 Å². The minimum Gasteiger partial charge on any atom is -0.351 e. The van der Waals surface area contributed by atoms with Gasteiger partial charge in [-0.05, 0) is 38.5 Å². The second-order valence-electron chi connectivity index (χ2n) is 7.91. The van der Waals surface area contributed by atoms with Crippen molar-refractivity contribution in [3.05, 3.63) is 45.8 Å². The lowest BCUT2D eigenvalue weighted by atomic mass is 10.1. The lowest BCUT2D eigenvalue weighted by Gasteiger charge is -2.20. The minimum absolute atomic E-state index is 0.108. The molecule has 0 fully saturated rings. The Bertz CT molecular complexity index is 1320. The summed E-state index contributed by atoms with van der Waals surface area (Å²) >= 11 is 2.65. The number of hydrogen-bond acceptors (Lipinski definition) is 6. The summed E-state index contributed by atoms with van der Waals surface area (Å²) in [5.41, 5.74) is 0.963. The molecule has 0 aliphatic rings. The molecule has 0 bridgehead atoms. The molecule has 0 unspecified atom stereocenters. The van der Waals surface area contributed by atoms with E-state index in [0.29, 0.717) is 21.2 Å². The van der Waals surface area contributed by atoms with Crippen LogP contribution < -0.4 is 10.9 Å². The number of rotatable bonds is 4. The standard InChI is InChI=1S/C20H20FN5O2S2/c1-20(2,3)22-14(27)10-30-19-24-23-18-25(4)16(28)15-13(9-29-17(15)26(18)19)11-5-7-12(21)8-6-11/h5-9H,10H2,1-4H3,(H,22,27). The van der Waals surface area contributed by atoms with E-state index >= 15 is 0 Å². The Labute approximate surface area is 179 Å². The van der Waals surface area contributed by atoms with Crippen LogP contribution in [-0.4, -0.2) is 36.4 Å². The molecule has 0 saturated heterocycles. The summed E-state index contributed by atoms with van der Waals surface area (Å²) in [7, 11) is 1.64. The largest absolute Gasteiger partial charge is 0.351 e. The monoisotopic (exact) mass is 445 g/mol. The van der Waals surface area contributed by atoms with Gasteiger partial charge in [0.25, 0.3) is 5.56 Å². The smallest absolute Gasteiger partial charge is 0.264 e. The van der Waals surface area contributed by atoms with Gasteiger partial charge in [-0.1, -0.05) is 23.9 Å². The SMILES string of the molecule is Cn1c(=O)c2c(-c3ccc(F)cc3)csc2n2c(SCC(=O)NC(C)(C)C)nnc12. The number of nitrogens with one attached hydrogen (secondary N) is 1. The number of carbonyl (C=O) groups is 1. The van der Waals surface area contributed by atoms with Gasteiger partial charge in [0.15, 0.2) is 5.16 Å². The number of aromatic nitrogens is 4. The number of thioether (sulfide) groups is 1. The number of amides is 1. The molecule has 4 rings (SSSR count). The van der Waals surface area contributed by atoms with Gasteiger partial charge in [0, 0.05) is 23.5 Å². The highest BCUT2D eigenvalue weighted by Crippen LogP contribution is 2.33. The zero-order valence-electron chi connectivity index (χ0n) is 16.9. The van der Waals surface area contributed by atoms with Gasteiger partial charge in [-0.15, -0.1) is 21.5 Å². The Morgan fingerprint density at radius 2 is 1.93 bits per heavy atom. The van der Waals surface area contributed by atoms with Gasteiger partial charge in [0.05, 0.1) is 11.1 Å². The Kier molecular flexibility index (Phi) is 5.15. The molecule has 30 heavy (non-hydrogen) atoms. The van der Waals surface area contributed by atoms with E-state index < -0.39 is 0 Å². The second kappa shape index (κ2) is 7.51. The highest BCUT2D eigenvalue weighted by Gasteiger charge is 2.21. The number of benzene rings is 1. The average molecular weight is 446 g/mol. The van der Waals surface area contributed by atoms with Crippen LogP contribution in [0, 0.1) is 5.82 Å². The lowest BCUT2D eigenvalue weighted by molar-refractivity contribution is -0.119. The molecule has 7 nitrogen and oxygen atoms in total. The molecule has 0 saturated carbocycles. The molecular weight excluding hydrogens is 425 g/mol. The molecule has 0 radical (unpaired) electrons. The van der Waals surface area contributed by atoms with Gasteiger partial charge < -0.3 is 5.32 Å². The summed E-state index contributed by atoms with van der Waals surface area (Å²) in [5.74, 6) is 0.139. The summed E-state index contributed by atoms with van der Waals surface area (Å²) in [5, 5.41) is 14.2. The van der Waals surface area contributed by atoms with E-state index in [9.17, 15) is 14.0 Å². The fourth-order valence-electron chi connectivity index (χ4n) is 3.15. The third-order valence-corrected chi connectivity index (χ3v) is 6.30. The number of aryl methyl sites for hydroxylation is 1. The van der Waals surface area contributed by atoms with Crippen molar-refractivity contribution in [3.63, 3.8) is 0 Å². The molecule has 10 heteroatoms. The van der Waals surface area contributed by atoms with Gasteiger partial charge in [-0.3, -0.25) is 14.2 Å². The van der Waals surface area contributed by atoms with Crippen LogP contribution in [-0.2, 0) is 11.8 Å². The first-order chi connectivity index (χ1) is 14.2. The van der Waals surface area contributed by atoms with Crippen LogP contribution in [0.25, 0.3) is 27.1 Å². The van der Waals surface area contributed by atoms with Gasteiger partial charge >= 0.3 is 0 Å². The van der Waals surface area contributed by atoms with Crippen molar-refractivity contribution in [1.29, 1.82) is 0 Å². The molecule has 156 valence electrons. The van der Waals surface area contributed by atoms with Gasteiger partial charge in [0.1, 0.15) is 10.6 Å². The van der Waals surface area contributed by atoms with Crippen molar-refractivity contribution in [2.24, 2.45) is 7.05 Å². The Morgan fingerprint density at radius 3 is 2.60 bits per heavy atom. The molecule has 3 aromatic heterocycles. The first-order valence-electron chi connectivity index (χ1n) is 9.21. The van der Waals surface area contributed by atoms with Crippen molar-refractivity contribution in [2.45, 2.75) is 31.5 Å². The molecule has 1 N–H and O–H groups in total. The number of halogens is 1. The van der Waals surface area contributed by atoms with E-state index in [4.69, 9.17) is 0 Å². The predicted molar refractivity (Wildman–Crippen MR) is 118 cm³/mol. The fraction of sp³-hybridized carbons (Fsp3) is 0.300. The van der Waals surface area contributed by atoms with Gasteiger partial charge in [-0.2, -0.15) is 0 Å². The molecule has 4 aromatic rings. The highest BCUT2D eigenvalue weighted by atomic mass is 32.2. The molecule has 1 aromatic carbocycles. The number of nitrogens with zero attached hydrogens (tertiary/aromatic N) is 4. The van der Waals surface area contributed by atoms with Crippen LogP contribution in [0.3, 0.4) is 0 Å². The first-order valence-corrected chi connectivity index (χ1v) is 11.1. The molecule has 0 atom stereocenters. The van der Waals surface area contributed by atoms with E-state index in [1.54, 1.807) is 23.6 Å². The zero-order valence-corrected chi connectivity index (χ0v) is 18.5. The summed E-state index contributed by atoms with van der Waals surface area (Å²) in [6.45, 7) is 5.76. The van der Waals surface area contributed by atoms with Crippen LogP contribution in [0.5, 0.6) is 0 Å². The van der Waals surface area contributed by atoms with Crippen LogP contribution in [0.15, 0.2) is 39.6 Å². The van der Waals surface area contributed by atoms with Crippen LogP contribution in [0.1, 0.15) is 20.8 Å². The first kappa shape index (κ1) is 20.5. The van der Waals surface area contributed by atoms with Gasteiger partial charge in [0.2, 0.25) is 11.7 Å². The van der Waals surface area contributed by atoms with E-state index in [0.717, 1.165) is 11.1 Å². The average Bonchev–Trinajstić information content (AvgIpc) is 3.28.